The van der Waals surface area contributed by atoms with Crippen molar-refractivity contribution in [1.29, 1.82) is 0 Å². The van der Waals surface area contributed by atoms with Gasteiger partial charge in [0.15, 0.2) is 0 Å². The number of carbonyl (C=O) groups excluding carboxylic acids is 1. The van der Waals surface area contributed by atoms with Crippen molar-refractivity contribution in [2.75, 3.05) is 20.6 Å². The normalized spacial score (nSPS) is 12.2. The van der Waals surface area contributed by atoms with E-state index in [0.29, 0.717) is 23.5 Å². The van der Waals surface area contributed by atoms with Crippen LogP contribution in [-0.4, -0.2) is 41.2 Å². The number of rotatable bonds is 6. The first kappa shape index (κ1) is 18.8. The van der Waals surface area contributed by atoms with E-state index in [1.165, 1.54) is 12.1 Å². The molecule has 1 aromatic heterocycles. The van der Waals surface area contributed by atoms with Crippen LogP contribution in [0, 0.1) is 12.7 Å². The van der Waals surface area contributed by atoms with E-state index in [9.17, 15) is 9.18 Å². The fourth-order valence-electron chi connectivity index (χ4n) is 3.00. The van der Waals surface area contributed by atoms with Crippen molar-refractivity contribution >= 4 is 5.91 Å². The van der Waals surface area contributed by atoms with Crippen LogP contribution in [-0.2, 0) is 0 Å². The Labute approximate surface area is 158 Å². The first-order chi connectivity index (χ1) is 13.0. The lowest BCUT2D eigenvalue weighted by Crippen LogP contribution is -2.35. The summed E-state index contributed by atoms with van der Waals surface area (Å²) in [6, 6.07) is 15.8. The molecule has 0 aliphatic carbocycles. The number of amides is 1. The first-order valence-corrected chi connectivity index (χ1v) is 8.77. The van der Waals surface area contributed by atoms with Crippen molar-refractivity contribution in [3.63, 3.8) is 0 Å². The third kappa shape index (κ3) is 4.41. The number of hydrogen-bond acceptors (Lipinski definition) is 3. The Morgan fingerprint density at radius 3 is 2.44 bits per heavy atom. The van der Waals surface area contributed by atoms with Crippen LogP contribution in [0.1, 0.15) is 27.7 Å². The van der Waals surface area contributed by atoms with Crippen LogP contribution >= 0.6 is 0 Å². The molecule has 27 heavy (non-hydrogen) atoms. The molecule has 1 atom stereocenters. The number of benzene rings is 2. The topological polar surface area (TPSA) is 50.2 Å². The Balaban J connectivity index is 1.83. The van der Waals surface area contributed by atoms with Crippen molar-refractivity contribution in [3.8, 4) is 5.69 Å². The summed E-state index contributed by atoms with van der Waals surface area (Å²) in [5.74, 6) is -0.493. The molecule has 3 aromatic rings. The summed E-state index contributed by atoms with van der Waals surface area (Å²) in [6.45, 7) is 2.51. The fraction of sp³-hybridized carbons (Fsp3) is 0.238. The van der Waals surface area contributed by atoms with Crippen molar-refractivity contribution in [2.24, 2.45) is 0 Å². The molecule has 2 aromatic carbocycles. The molecule has 0 fully saturated rings. The van der Waals surface area contributed by atoms with Crippen molar-refractivity contribution in [1.82, 2.24) is 20.0 Å². The molecule has 0 unspecified atom stereocenters. The van der Waals surface area contributed by atoms with Gasteiger partial charge in [-0.1, -0.05) is 30.3 Å². The fourth-order valence-corrected chi connectivity index (χ4v) is 3.00. The molecule has 0 spiro atoms. The second-order valence-electron chi connectivity index (χ2n) is 6.73. The zero-order valence-corrected chi connectivity index (χ0v) is 15.7. The monoisotopic (exact) mass is 366 g/mol. The number of hydrogen-bond donors (Lipinski definition) is 1. The van der Waals surface area contributed by atoms with E-state index in [2.05, 4.69) is 10.4 Å². The summed E-state index contributed by atoms with van der Waals surface area (Å²) in [7, 11) is 3.94. The Morgan fingerprint density at radius 1 is 1.15 bits per heavy atom. The van der Waals surface area contributed by atoms with Gasteiger partial charge >= 0.3 is 0 Å². The van der Waals surface area contributed by atoms with Crippen LogP contribution in [0.3, 0.4) is 0 Å². The number of nitrogens with one attached hydrogen (secondary N) is 1. The van der Waals surface area contributed by atoms with Gasteiger partial charge in [0.1, 0.15) is 5.82 Å². The summed E-state index contributed by atoms with van der Waals surface area (Å²) in [5, 5.41) is 7.40. The van der Waals surface area contributed by atoms with E-state index in [4.69, 9.17) is 0 Å². The highest BCUT2D eigenvalue weighted by Gasteiger charge is 2.20. The van der Waals surface area contributed by atoms with E-state index in [0.717, 1.165) is 5.56 Å². The lowest BCUT2D eigenvalue weighted by molar-refractivity contribution is 0.0929. The molecule has 3 rings (SSSR count). The number of aromatic nitrogens is 2. The molecule has 0 aliphatic heterocycles. The van der Waals surface area contributed by atoms with Crippen LogP contribution in [0.25, 0.3) is 5.69 Å². The maximum Gasteiger partial charge on any atom is 0.255 e. The van der Waals surface area contributed by atoms with E-state index in [1.54, 1.807) is 23.0 Å². The molecule has 140 valence electrons. The number of halogens is 1. The Bertz CT molecular complexity index is 904. The van der Waals surface area contributed by atoms with Gasteiger partial charge in [-0.15, -0.1) is 0 Å². The van der Waals surface area contributed by atoms with Gasteiger partial charge < -0.3 is 10.2 Å². The second-order valence-corrected chi connectivity index (χ2v) is 6.73. The summed E-state index contributed by atoms with van der Waals surface area (Å²) in [6.07, 6.45) is 1.55. The highest BCUT2D eigenvalue weighted by atomic mass is 19.1. The predicted octanol–water partition coefficient (Wildman–Crippen LogP) is 3.35. The number of nitrogens with zero attached hydrogens (tertiary/aromatic N) is 3. The Hall–Kier alpha value is -2.99. The molecule has 0 aliphatic rings. The predicted molar refractivity (Wildman–Crippen MR) is 103 cm³/mol. The first-order valence-electron chi connectivity index (χ1n) is 8.77. The zero-order chi connectivity index (χ0) is 19.4. The van der Waals surface area contributed by atoms with E-state index in [1.807, 2.05) is 56.3 Å². The third-order valence-corrected chi connectivity index (χ3v) is 4.38. The van der Waals surface area contributed by atoms with Crippen LogP contribution in [0.5, 0.6) is 0 Å². The van der Waals surface area contributed by atoms with Gasteiger partial charge in [0.05, 0.1) is 29.2 Å². The van der Waals surface area contributed by atoms with E-state index >= 15 is 0 Å². The summed E-state index contributed by atoms with van der Waals surface area (Å²) < 4.78 is 14.8. The van der Waals surface area contributed by atoms with Gasteiger partial charge in [0.2, 0.25) is 0 Å². The van der Waals surface area contributed by atoms with Gasteiger partial charge in [-0.3, -0.25) is 4.79 Å². The zero-order valence-electron chi connectivity index (χ0n) is 15.7. The van der Waals surface area contributed by atoms with Crippen LogP contribution in [0.4, 0.5) is 4.39 Å². The number of carbonyl (C=O) groups is 1. The maximum absolute atomic E-state index is 13.1. The Kier molecular flexibility index (Phi) is 5.66. The molecule has 0 bridgehead atoms. The third-order valence-electron chi connectivity index (χ3n) is 4.38. The van der Waals surface area contributed by atoms with Gasteiger partial charge in [0.25, 0.3) is 5.91 Å². The highest BCUT2D eigenvalue weighted by molar-refractivity contribution is 5.95. The molecule has 0 radical (unpaired) electrons. The lowest BCUT2D eigenvalue weighted by Gasteiger charge is -2.22. The molecule has 5 nitrogen and oxygen atoms in total. The SMILES string of the molecule is Cc1c(C(=O)N[C@H](CN(C)C)c2ccccc2)cnn1-c1ccc(F)cc1. The minimum Gasteiger partial charge on any atom is -0.344 e. The van der Waals surface area contributed by atoms with Gasteiger partial charge in [-0.25, -0.2) is 9.07 Å². The quantitative estimate of drug-likeness (QED) is 0.728. The molecule has 1 amide bonds. The Morgan fingerprint density at radius 2 is 1.81 bits per heavy atom. The van der Waals surface area contributed by atoms with Crippen molar-refractivity contribution < 1.29 is 9.18 Å². The van der Waals surface area contributed by atoms with E-state index < -0.39 is 0 Å². The largest absolute Gasteiger partial charge is 0.344 e. The summed E-state index contributed by atoms with van der Waals surface area (Å²) in [5.41, 5.74) is 2.96. The molecule has 6 heteroatoms. The van der Waals surface area contributed by atoms with Gasteiger partial charge in [0, 0.05) is 6.54 Å². The molecule has 0 saturated carbocycles. The van der Waals surface area contributed by atoms with E-state index in [-0.39, 0.29) is 17.8 Å². The average molecular weight is 366 g/mol. The minimum absolute atomic E-state index is 0.137. The number of likely N-dealkylation sites (N-methyl/N-ethyl adjacent to an activating group) is 1. The molecule has 1 N–H and O–H groups in total. The maximum atomic E-state index is 13.1. The van der Waals surface area contributed by atoms with Crippen LogP contribution in [0.15, 0.2) is 60.8 Å². The standard InChI is InChI=1S/C21H23FN4O/c1-15-19(13-23-26(15)18-11-9-17(22)10-12-18)21(27)24-20(14-25(2)3)16-7-5-4-6-8-16/h4-13,20H,14H2,1-3H3,(H,24,27)/t20-/m1/s1. The van der Waals surface area contributed by atoms with Gasteiger partial charge in [-0.05, 0) is 50.8 Å². The second kappa shape index (κ2) is 8.14. The van der Waals surface area contributed by atoms with Crippen molar-refractivity contribution in [3.05, 3.63) is 83.4 Å². The smallest absolute Gasteiger partial charge is 0.255 e. The van der Waals surface area contributed by atoms with Gasteiger partial charge in [-0.2, -0.15) is 5.10 Å². The molecular weight excluding hydrogens is 343 g/mol. The highest BCUT2D eigenvalue weighted by Crippen LogP contribution is 2.18. The lowest BCUT2D eigenvalue weighted by atomic mass is 10.1. The summed E-state index contributed by atoms with van der Waals surface area (Å²) >= 11 is 0. The minimum atomic E-state index is -0.309. The van der Waals surface area contributed by atoms with Crippen LogP contribution < -0.4 is 5.32 Å². The van der Waals surface area contributed by atoms with Crippen LogP contribution in [0.2, 0.25) is 0 Å². The summed E-state index contributed by atoms with van der Waals surface area (Å²) in [4.78, 5) is 14.9. The molecule has 0 saturated heterocycles. The average Bonchev–Trinajstić information content (AvgIpc) is 3.04. The van der Waals surface area contributed by atoms with Crippen molar-refractivity contribution in [2.45, 2.75) is 13.0 Å². The molecule has 1 heterocycles. The molecular formula is C21H23FN4O.